The molecule has 0 aliphatic carbocycles. The molecule has 1 heterocycles. The van der Waals surface area contributed by atoms with Crippen LogP contribution in [-0.4, -0.2) is 4.57 Å². The van der Waals surface area contributed by atoms with Gasteiger partial charge in [-0.05, 0) is 43.3 Å². The average molecular weight is 292 g/mol. The minimum absolute atomic E-state index is 0.773. The molecule has 0 unspecified atom stereocenters. The topological polar surface area (TPSA) is 4.93 Å². The number of aromatic nitrogens is 1. The Bertz CT molecular complexity index is 949. The van der Waals surface area contributed by atoms with Crippen LogP contribution in [-0.2, 0) is 0 Å². The lowest BCUT2D eigenvalue weighted by Gasteiger charge is -2.08. The van der Waals surface area contributed by atoms with Crippen LogP contribution in [0, 0.1) is 6.92 Å². The van der Waals surface area contributed by atoms with Gasteiger partial charge in [-0.2, -0.15) is 0 Å². The smallest absolute Gasteiger partial charge is 0.0542 e. The predicted molar refractivity (Wildman–Crippen MR) is 90.5 cm³/mol. The van der Waals surface area contributed by atoms with E-state index in [0.717, 1.165) is 5.02 Å². The molecule has 0 saturated heterocycles. The van der Waals surface area contributed by atoms with Gasteiger partial charge in [0.05, 0.1) is 11.0 Å². The summed E-state index contributed by atoms with van der Waals surface area (Å²) >= 11 is 6.19. The Labute approximate surface area is 128 Å². The summed E-state index contributed by atoms with van der Waals surface area (Å²) in [4.78, 5) is 0. The van der Waals surface area contributed by atoms with Crippen molar-refractivity contribution in [3.05, 3.63) is 77.3 Å². The van der Waals surface area contributed by atoms with E-state index in [1.807, 2.05) is 12.1 Å². The third-order valence-electron chi connectivity index (χ3n) is 3.93. The standard InChI is InChI=1S/C19H14ClN/c1-13-6-9-15(10-7-13)21-18-5-3-2-4-16(18)17-12-14(20)8-11-19(17)21/h2-12H,1H3. The molecular formula is C19H14ClN. The number of para-hydroxylation sites is 1. The third kappa shape index (κ3) is 1.93. The second-order valence-electron chi connectivity index (χ2n) is 5.35. The Morgan fingerprint density at radius 1 is 0.762 bits per heavy atom. The lowest BCUT2D eigenvalue weighted by atomic mass is 10.2. The van der Waals surface area contributed by atoms with Crippen LogP contribution in [0.25, 0.3) is 27.5 Å². The maximum absolute atomic E-state index is 6.19. The SMILES string of the molecule is Cc1ccc(-n2c3ccccc3c3cc(Cl)ccc32)cc1. The molecule has 4 rings (SSSR count). The average Bonchev–Trinajstić information content (AvgIpc) is 2.82. The minimum atomic E-state index is 0.773. The first-order chi connectivity index (χ1) is 10.2. The minimum Gasteiger partial charge on any atom is -0.309 e. The quantitative estimate of drug-likeness (QED) is 0.421. The molecule has 0 saturated carbocycles. The molecule has 3 aromatic carbocycles. The van der Waals surface area contributed by atoms with E-state index < -0.39 is 0 Å². The summed E-state index contributed by atoms with van der Waals surface area (Å²) in [6.07, 6.45) is 0. The molecule has 0 aliphatic heterocycles. The van der Waals surface area contributed by atoms with Crippen molar-refractivity contribution in [1.82, 2.24) is 4.57 Å². The highest BCUT2D eigenvalue weighted by Crippen LogP contribution is 2.33. The second kappa shape index (κ2) is 4.64. The number of rotatable bonds is 1. The lowest BCUT2D eigenvalue weighted by molar-refractivity contribution is 1.17. The van der Waals surface area contributed by atoms with Crippen molar-refractivity contribution in [2.24, 2.45) is 0 Å². The number of aryl methyl sites for hydroxylation is 1. The largest absolute Gasteiger partial charge is 0.309 e. The fourth-order valence-electron chi connectivity index (χ4n) is 2.92. The van der Waals surface area contributed by atoms with Crippen molar-refractivity contribution in [1.29, 1.82) is 0 Å². The Hall–Kier alpha value is -2.25. The van der Waals surface area contributed by atoms with Gasteiger partial charge in [-0.25, -0.2) is 0 Å². The van der Waals surface area contributed by atoms with Gasteiger partial charge >= 0.3 is 0 Å². The number of benzene rings is 3. The summed E-state index contributed by atoms with van der Waals surface area (Å²) in [5.74, 6) is 0. The molecule has 4 aromatic rings. The second-order valence-corrected chi connectivity index (χ2v) is 5.79. The van der Waals surface area contributed by atoms with Crippen molar-refractivity contribution in [3.8, 4) is 5.69 Å². The van der Waals surface area contributed by atoms with E-state index in [2.05, 4.69) is 66.1 Å². The highest BCUT2D eigenvalue weighted by atomic mass is 35.5. The van der Waals surface area contributed by atoms with E-state index in [0.29, 0.717) is 0 Å². The lowest BCUT2D eigenvalue weighted by Crippen LogP contribution is -1.93. The first-order valence-corrected chi connectivity index (χ1v) is 7.37. The maximum atomic E-state index is 6.19. The summed E-state index contributed by atoms with van der Waals surface area (Å²) in [5, 5.41) is 3.20. The van der Waals surface area contributed by atoms with Crippen LogP contribution >= 0.6 is 11.6 Å². The van der Waals surface area contributed by atoms with Gasteiger partial charge in [-0.3, -0.25) is 0 Å². The van der Waals surface area contributed by atoms with E-state index in [1.165, 1.54) is 33.1 Å². The summed E-state index contributed by atoms with van der Waals surface area (Å²) in [6, 6.07) is 23.2. The van der Waals surface area contributed by atoms with Crippen molar-refractivity contribution in [3.63, 3.8) is 0 Å². The molecule has 0 radical (unpaired) electrons. The van der Waals surface area contributed by atoms with Crippen molar-refractivity contribution in [2.45, 2.75) is 6.92 Å². The zero-order valence-corrected chi connectivity index (χ0v) is 12.4. The molecule has 0 spiro atoms. The Morgan fingerprint density at radius 3 is 2.29 bits per heavy atom. The van der Waals surface area contributed by atoms with Crippen molar-refractivity contribution >= 4 is 33.4 Å². The molecule has 0 bridgehead atoms. The Balaban J connectivity index is 2.17. The summed E-state index contributed by atoms with van der Waals surface area (Å²) in [7, 11) is 0. The number of hydrogen-bond acceptors (Lipinski definition) is 0. The number of nitrogens with zero attached hydrogens (tertiary/aromatic N) is 1. The van der Waals surface area contributed by atoms with Crippen LogP contribution in [0.3, 0.4) is 0 Å². The van der Waals surface area contributed by atoms with Crippen LogP contribution in [0.15, 0.2) is 66.7 Å². The van der Waals surface area contributed by atoms with Gasteiger partial charge in [0.2, 0.25) is 0 Å². The van der Waals surface area contributed by atoms with E-state index in [9.17, 15) is 0 Å². The first-order valence-electron chi connectivity index (χ1n) is 7.00. The van der Waals surface area contributed by atoms with Gasteiger partial charge in [0.15, 0.2) is 0 Å². The zero-order valence-electron chi connectivity index (χ0n) is 11.7. The molecule has 0 fully saturated rings. The first kappa shape index (κ1) is 12.5. The molecule has 102 valence electrons. The van der Waals surface area contributed by atoms with Crippen LogP contribution in [0.1, 0.15) is 5.56 Å². The van der Waals surface area contributed by atoms with E-state index in [1.54, 1.807) is 0 Å². The number of fused-ring (bicyclic) bond motifs is 3. The molecule has 1 aromatic heterocycles. The molecule has 2 heteroatoms. The highest BCUT2D eigenvalue weighted by molar-refractivity contribution is 6.32. The van der Waals surface area contributed by atoms with Crippen LogP contribution < -0.4 is 0 Å². The monoisotopic (exact) mass is 291 g/mol. The summed E-state index contributed by atoms with van der Waals surface area (Å²) in [5.41, 5.74) is 4.83. The summed E-state index contributed by atoms with van der Waals surface area (Å²) < 4.78 is 2.29. The van der Waals surface area contributed by atoms with Gasteiger partial charge in [0.1, 0.15) is 0 Å². The van der Waals surface area contributed by atoms with Crippen molar-refractivity contribution in [2.75, 3.05) is 0 Å². The number of hydrogen-bond donors (Lipinski definition) is 0. The van der Waals surface area contributed by atoms with Gasteiger partial charge in [0, 0.05) is 21.5 Å². The molecule has 1 nitrogen and oxygen atoms in total. The fraction of sp³-hybridized carbons (Fsp3) is 0.0526. The van der Waals surface area contributed by atoms with E-state index in [4.69, 9.17) is 11.6 Å². The van der Waals surface area contributed by atoms with Gasteiger partial charge in [-0.1, -0.05) is 47.5 Å². The van der Waals surface area contributed by atoms with E-state index in [-0.39, 0.29) is 0 Å². The Morgan fingerprint density at radius 2 is 1.48 bits per heavy atom. The Kier molecular flexibility index (Phi) is 2.76. The van der Waals surface area contributed by atoms with Crippen LogP contribution in [0.5, 0.6) is 0 Å². The van der Waals surface area contributed by atoms with Crippen molar-refractivity contribution < 1.29 is 0 Å². The normalized spacial score (nSPS) is 11.3. The maximum Gasteiger partial charge on any atom is 0.0542 e. The molecule has 0 aliphatic rings. The summed E-state index contributed by atoms with van der Waals surface area (Å²) in [6.45, 7) is 2.11. The fourth-order valence-corrected chi connectivity index (χ4v) is 3.09. The highest BCUT2D eigenvalue weighted by Gasteiger charge is 2.11. The van der Waals surface area contributed by atoms with E-state index >= 15 is 0 Å². The van der Waals surface area contributed by atoms with Gasteiger partial charge < -0.3 is 4.57 Å². The molecule has 21 heavy (non-hydrogen) atoms. The number of halogens is 1. The molecule has 0 atom stereocenters. The molecule has 0 amide bonds. The van der Waals surface area contributed by atoms with Gasteiger partial charge in [-0.15, -0.1) is 0 Å². The van der Waals surface area contributed by atoms with Gasteiger partial charge in [0.25, 0.3) is 0 Å². The third-order valence-corrected chi connectivity index (χ3v) is 4.16. The zero-order chi connectivity index (χ0) is 14.4. The van der Waals surface area contributed by atoms with Crippen LogP contribution in [0.2, 0.25) is 5.02 Å². The molecule has 0 N–H and O–H groups in total. The predicted octanol–water partition coefficient (Wildman–Crippen LogP) is 5.75. The van der Waals surface area contributed by atoms with Crippen LogP contribution in [0.4, 0.5) is 0 Å². The molecular weight excluding hydrogens is 278 g/mol.